The van der Waals surface area contributed by atoms with E-state index in [0.29, 0.717) is 36.4 Å². The SMILES string of the molecule is Cc1c(CC(=O)N2C[C@@H]3C[C@H](C2)c2cccc(=O)n2C3)c(=O)oc2cc3occ(C(C)(C)C)c3cc12. The number of nitrogens with zero attached hydrogens (tertiary/aromatic N) is 2. The fourth-order valence-electron chi connectivity index (χ4n) is 6.06. The molecule has 1 aromatic carbocycles. The number of benzene rings is 1. The summed E-state index contributed by atoms with van der Waals surface area (Å²) in [6.07, 6.45) is 2.74. The fraction of sp³-hybridized carbons (Fsp3) is 0.414. The van der Waals surface area contributed by atoms with Crippen LogP contribution in [0.15, 0.2) is 55.0 Å². The highest BCUT2D eigenvalue weighted by molar-refractivity contribution is 5.97. The zero-order chi connectivity index (χ0) is 25.4. The molecule has 0 radical (unpaired) electrons. The summed E-state index contributed by atoms with van der Waals surface area (Å²) in [6.45, 7) is 10.1. The van der Waals surface area contributed by atoms with Gasteiger partial charge in [-0.05, 0) is 42.4 Å². The minimum absolute atomic E-state index is 0.000688. The van der Waals surface area contributed by atoms with Crippen molar-refractivity contribution in [3.63, 3.8) is 0 Å². The van der Waals surface area contributed by atoms with Crippen LogP contribution in [0.1, 0.15) is 55.5 Å². The number of amides is 1. The zero-order valence-corrected chi connectivity index (χ0v) is 21.1. The summed E-state index contributed by atoms with van der Waals surface area (Å²) < 4.78 is 13.3. The lowest BCUT2D eigenvalue weighted by Crippen LogP contribution is -2.49. The molecule has 0 aliphatic carbocycles. The van der Waals surface area contributed by atoms with Gasteiger partial charge in [0.05, 0.1) is 18.2 Å². The fourth-order valence-corrected chi connectivity index (χ4v) is 6.06. The third-order valence-corrected chi connectivity index (χ3v) is 7.95. The molecule has 1 amide bonds. The summed E-state index contributed by atoms with van der Waals surface area (Å²) in [4.78, 5) is 40.6. The lowest BCUT2D eigenvalue weighted by Gasteiger charge is -2.42. The predicted octanol–water partition coefficient (Wildman–Crippen LogP) is 4.50. The van der Waals surface area contributed by atoms with Crippen molar-refractivity contribution in [3.05, 3.63) is 79.8 Å². The first-order valence-corrected chi connectivity index (χ1v) is 12.6. The molecule has 1 fully saturated rings. The Morgan fingerprint density at radius 3 is 2.64 bits per heavy atom. The van der Waals surface area contributed by atoms with Crippen LogP contribution < -0.4 is 11.2 Å². The highest BCUT2D eigenvalue weighted by Crippen LogP contribution is 2.37. The Morgan fingerprint density at radius 1 is 1.06 bits per heavy atom. The van der Waals surface area contributed by atoms with Crippen molar-refractivity contribution < 1.29 is 13.6 Å². The average molecular weight is 487 g/mol. The Labute approximate surface area is 208 Å². The average Bonchev–Trinajstić information content (AvgIpc) is 3.24. The van der Waals surface area contributed by atoms with Gasteiger partial charge in [-0.25, -0.2) is 4.79 Å². The highest BCUT2D eigenvalue weighted by atomic mass is 16.4. The van der Waals surface area contributed by atoms with Gasteiger partial charge in [-0.3, -0.25) is 9.59 Å². The minimum Gasteiger partial charge on any atom is -0.464 e. The maximum absolute atomic E-state index is 13.4. The van der Waals surface area contributed by atoms with E-state index >= 15 is 0 Å². The number of aromatic nitrogens is 1. The maximum Gasteiger partial charge on any atom is 0.340 e. The molecule has 1 saturated heterocycles. The van der Waals surface area contributed by atoms with Crippen LogP contribution in [0.5, 0.6) is 0 Å². The van der Waals surface area contributed by atoms with Crippen molar-refractivity contribution >= 4 is 27.8 Å². The van der Waals surface area contributed by atoms with Gasteiger partial charge in [0, 0.05) is 59.7 Å². The van der Waals surface area contributed by atoms with Gasteiger partial charge in [0.15, 0.2) is 0 Å². The van der Waals surface area contributed by atoms with Crippen molar-refractivity contribution in [2.24, 2.45) is 5.92 Å². The van der Waals surface area contributed by atoms with E-state index in [1.165, 1.54) is 0 Å². The lowest BCUT2D eigenvalue weighted by atomic mass is 9.83. The zero-order valence-electron chi connectivity index (χ0n) is 21.1. The molecule has 7 nitrogen and oxygen atoms in total. The number of piperidine rings is 1. The van der Waals surface area contributed by atoms with Crippen molar-refractivity contribution in [1.82, 2.24) is 9.47 Å². The van der Waals surface area contributed by atoms with Gasteiger partial charge in [-0.2, -0.15) is 0 Å². The van der Waals surface area contributed by atoms with Crippen LogP contribution in [0.25, 0.3) is 21.9 Å². The molecule has 3 aromatic heterocycles. The number of rotatable bonds is 2. The van der Waals surface area contributed by atoms with Crippen LogP contribution in [-0.4, -0.2) is 28.5 Å². The van der Waals surface area contributed by atoms with Gasteiger partial charge < -0.3 is 18.3 Å². The molecule has 36 heavy (non-hydrogen) atoms. The number of pyridine rings is 1. The van der Waals surface area contributed by atoms with Gasteiger partial charge in [0.1, 0.15) is 11.2 Å². The number of furan rings is 1. The van der Waals surface area contributed by atoms with Crippen LogP contribution in [0.2, 0.25) is 0 Å². The van der Waals surface area contributed by atoms with E-state index in [9.17, 15) is 14.4 Å². The van der Waals surface area contributed by atoms with E-state index < -0.39 is 5.63 Å². The highest BCUT2D eigenvalue weighted by Gasteiger charge is 2.36. The molecule has 4 aromatic rings. The molecule has 5 heterocycles. The van der Waals surface area contributed by atoms with Crippen molar-refractivity contribution in [3.8, 4) is 0 Å². The van der Waals surface area contributed by atoms with Crippen LogP contribution in [0.3, 0.4) is 0 Å². The predicted molar refractivity (Wildman–Crippen MR) is 138 cm³/mol. The summed E-state index contributed by atoms with van der Waals surface area (Å²) in [7, 11) is 0. The molecule has 186 valence electrons. The Bertz CT molecular complexity index is 1650. The maximum atomic E-state index is 13.4. The lowest BCUT2D eigenvalue weighted by molar-refractivity contribution is -0.133. The Kier molecular flexibility index (Phi) is 5.04. The molecule has 7 heteroatoms. The Hall–Kier alpha value is -3.61. The smallest absolute Gasteiger partial charge is 0.340 e. The van der Waals surface area contributed by atoms with Crippen LogP contribution >= 0.6 is 0 Å². The quantitative estimate of drug-likeness (QED) is 0.390. The van der Waals surface area contributed by atoms with Gasteiger partial charge >= 0.3 is 5.63 Å². The molecule has 2 bridgehead atoms. The number of aryl methyl sites for hydroxylation is 1. The number of carbonyl (C=O) groups is 1. The normalized spacial score (nSPS) is 19.6. The second kappa shape index (κ2) is 7.95. The first-order valence-electron chi connectivity index (χ1n) is 12.6. The van der Waals surface area contributed by atoms with Crippen molar-refractivity contribution in [1.29, 1.82) is 0 Å². The van der Waals surface area contributed by atoms with Crippen LogP contribution in [0.4, 0.5) is 0 Å². The molecule has 2 atom stereocenters. The second-order valence-corrected chi connectivity index (χ2v) is 11.4. The van der Waals surface area contributed by atoms with Crippen molar-refractivity contribution in [2.75, 3.05) is 13.1 Å². The third-order valence-electron chi connectivity index (χ3n) is 7.95. The topological polar surface area (TPSA) is 85.7 Å². The van der Waals surface area contributed by atoms with E-state index in [1.54, 1.807) is 24.5 Å². The van der Waals surface area contributed by atoms with E-state index in [1.807, 2.05) is 28.5 Å². The monoisotopic (exact) mass is 486 g/mol. The van der Waals surface area contributed by atoms with Crippen LogP contribution in [-0.2, 0) is 23.2 Å². The van der Waals surface area contributed by atoms with E-state index in [4.69, 9.17) is 8.83 Å². The van der Waals surface area contributed by atoms with E-state index in [0.717, 1.165) is 34.0 Å². The molecule has 2 aliphatic heterocycles. The van der Waals surface area contributed by atoms with Gasteiger partial charge in [0.2, 0.25) is 5.91 Å². The summed E-state index contributed by atoms with van der Waals surface area (Å²) >= 11 is 0. The molecule has 2 aliphatic rings. The van der Waals surface area contributed by atoms with Gasteiger partial charge in [-0.15, -0.1) is 0 Å². The molecule has 0 spiro atoms. The third kappa shape index (κ3) is 3.60. The minimum atomic E-state index is -0.482. The van der Waals surface area contributed by atoms with Gasteiger partial charge in [-0.1, -0.05) is 26.8 Å². The summed E-state index contributed by atoms with van der Waals surface area (Å²) in [5.41, 5.74) is 3.84. The first-order chi connectivity index (χ1) is 17.1. The second-order valence-electron chi connectivity index (χ2n) is 11.4. The largest absolute Gasteiger partial charge is 0.464 e. The molecular weight excluding hydrogens is 456 g/mol. The first kappa shape index (κ1) is 22.8. The molecule has 0 saturated carbocycles. The molecule has 6 rings (SSSR count). The van der Waals surface area contributed by atoms with E-state index in [2.05, 4.69) is 20.8 Å². The van der Waals surface area contributed by atoms with Crippen molar-refractivity contribution in [2.45, 2.75) is 58.4 Å². The Balaban J connectivity index is 1.33. The molecule has 0 unspecified atom stereocenters. The Morgan fingerprint density at radius 2 is 1.86 bits per heavy atom. The number of hydrogen-bond donors (Lipinski definition) is 0. The number of carbonyl (C=O) groups excluding carboxylic acids is 1. The number of fused-ring (bicyclic) bond motifs is 6. The summed E-state index contributed by atoms with van der Waals surface area (Å²) in [5, 5.41) is 1.81. The number of hydrogen-bond acceptors (Lipinski definition) is 5. The molecular formula is C29H30N2O5. The number of likely N-dealkylation sites (tertiary alicyclic amines) is 1. The van der Waals surface area contributed by atoms with Crippen LogP contribution in [0, 0.1) is 12.8 Å². The van der Waals surface area contributed by atoms with E-state index in [-0.39, 0.29) is 35.1 Å². The van der Waals surface area contributed by atoms with Gasteiger partial charge in [0.25, 0.3) is 5.56 Å². The summed E-state index contributed by atoms with van der Waals surface area (Å²) in [5.74, 6) is 0.292. The summed E-state index contributed by atoms with van der Waals surface area (Å²) in [6, 6.07) is 9.16. The molecule has 0 N–H and O–H groups in total. The standard InChI is InChI=1S/C29H30N2O5/c1-16-19-9-21-22(29(2,3)4)15-35-24(21)11-25(19)36-28(34)20(16)10-27(33)30-12-17-8-18(14-30)23-6-5-7-26(32)31(23)13-17/h5-7,9,11,15,17-18H,8,10,12-14H2,1-4H3/t17-,18+/m0/s1.